The third-order valence-electron chi connectivity index (χ3n) is 4.30. The minimum Gasteiger partial charge on any atom is -0.394 e. The zero-order chi connectivity index (χ0) is 17.1. The van der Waals surface area contributed by atoms with Crippen LogP contribution in [0.1, 0.15) is 12.0 Å². The van der Waals surface area contributed by atoms with E-state index in [1.807, 2.05) is 42.5 Å². The quantitative estimate of drug-likeness (QED) is 0.650. The van der Waals surface area contributed by atoms with Crippen molar-refractivity contribution in [1.82, 2.24) is 4.98 Å². The van der Waals surface area contributed by atoms with E-state index in [2.05, 4.69) is 4.98 Å². The van der Waals surface area contributed by atoms with Crippen LogP contribution >= 0.6 is 0 Å². The molecular weight excluding hydrogens is 310 g/mol. The van der Waals surface area contributed by atoms with Gasteiger partial charge in [-0.1, -0.05) is 24.3 Å². The van der Waals surface area contributed by atoms with Crippen LogP contribution in [0.3, 0.4) is 0 Å². The van der Waals surface area contributed by atoms with Crippen molar-refractivity contribution in [2.45, 2.75) is 36.9 Å². The van der Waals surface area contributed by atoms with Crippen LogP contribution in [-0.2, 0) is 4.74 Å². The predicted octanol–water partition coefficient (Wildman–Crippen LogP) is 0.480. The highest BCUT2D eigenvalue weighted by atomic mass is 16.5. The molecule has 0 unspecified atom stereocenters. The van der Waals surface area contributed by atoms with Gasteiger partial charge < -0.3 is 25.2 Å². The van der Waals surface area contributed by atoms with Crippen molar-refractivity contribution in [3.8, 4) is 0 Å². The van der Waals surface area contributed by atoms with Gasteiger partial charge in [0, 0.05) is 11.6 Å². The Hall–Kier alpha value is -1.83. The predicted molar refractivity (Wildman–Crippen MR) is 89.2 cm³/mol. The molecule has 1 fully saturated rings. The van der Waals surface area contributed by atoms with Gasteiger partial charge in [-0.05, 0) is 30.2 Å². The topological polar surface area (TPSA) is 103 Å². The molecule has 1 aliphatic rings. The smallest absolute Gasteiger partial charge is 0.111 e. The second-order valence-corrected chi connectivity index (χ2v) is 5.96. The molecule has 24 heavy (non-hydrogen) atoms. The van der Waals surface area contributed by atoms with Crippen LogP contribution in [0.2, 0.25) is 0 Å². The van der Waals surface area contributed by atoms with Crippen molar-refractivity contribution in [2.24, 2.45) is 0 Å². The van der Waals surface area contributed by atoms with Crippen molar-refractivity contribution in [2.75, 3.05) is 6.61 Å². The number of pyridine rings is 1. The van der Waals surface area contributed by atoms with Gasteiger partial charge >= 0.3 is 0 Å². The molecule has 3 rings (SSSR count). The summed E-state index contributed by atoms with van der Waals surface area (Å²) in [5.41, 5.74) is 1.91. The minimum absolute atomic E-state index is 0.354. The Bertz CT molecular complexity index is 717. The molecule has 0 aliphatic carbocycles. The van der Waals surface area contributed by atoms with Crippen molar-refractivity contribution in [3.05, 3.63) is 48.2 Å². The van der Waals surface area contributed by atoms with Crippen LogP contribution < -0.4 is 0 Å². The number of aromatic nitrogens is 1. The van der Waals surface area contributed by atoms with Crippen LogP contribution in [0.15, 0.2) is 42.6 Å². The van der Waals surface area contributed by atoms with E-state index in [1.54, 1.807) is 6.20 Å². The average Bonchev–Trinajstić information content (AvgIpc) is 2.61. The van der Waals surface area contributed by atoms with Crippen LogP contribution in [0.5, 0.6) is 0 Å². The van der Waals surface area contributed by atoms with E-state index in [4.69, 9.17) is 4.74 Å². The van der Waals surface area contributed by atoms with Crippen molar-refractivity contribution < 1.29 is 25.2 Å². The molecule has 4 N–H and O–H groups in total. The van der Waals surface area contributed by atoms with Crippen LogP contribution in [0.25, 0.3) is 17.0 Å². The Morgan fingerprint density at radius 1 is 1.04 bits per heavy atom. The molecule has 1 aliphatic heterocycles. The maximum atomic E-state index is 10.0. The molecular formula is C18H21NO5. The number of aliphatic hydroxyl groups is 4. The first-order valence-corrected chi connectivity index (χ1v) is 7.92. The van der Waals surface area contributed by atoms with E-state index in [-0.39, 0.29) is 0 Å². The Balaban J connectivity index is 1.68. The summed E-state index contributed by atoms with van der Waals surface area (Å²) in [5.74, 6) is 0. The number of benzene rings is 1. The SMILES string of the molecule is OC[C@H]1O[C@H](C/C=C/c2ccc3ncccc3c2)[C@@H](O)[C@@H](O)[C@@H]1O. The standard InChI is InChI=1S/C18H21NO5/c20-10-15-17(22)18(23)16(21)14(24-15)5-1-3-11-6-7-13-12(9-11)4-2-8-19-13/h1-4,6-9,14-18,20-23H,5,10H2/b3-1+/t14-,15-,16-,17-,18-/m1/s1. The molecule has 5 atom stereocenters. The largest absolute Gasteiger partial charge is 0.394 e. The van der Waals surface area contributed by atoms with E-state index in [9.17, 15) is 20.4 Å². The summed E-state index contributed by atoms with van der Waals surface area (Å²) in [6.07, 6.45) is 0.432. The molecule has 1 aromatic carbocycles. The second-order valence-electron chi connectivity index (χ2n) is 5.96. The lowest BCUT2D eigenvalue weighted by Crippen LogP contribution is -2.58. The molecule has 0 saturated carbocycles. The Morgan fingerprint density at radius 2 is 1.83 bits per heavy atom. The molecule has 0 radical (unpaired) electrons. The minimum atomic E-state index is -1.33. The summed E-state index contributed by atoms with van der Waals surface area (Å²) in [7, 11) is 0. The number of hydrogen-bond donors (Lipinski definition) is 4. The van der Waals surface area contributed by atoms with Gasteiger partial charge in [0.05, 0.1) is 18.2 Å². The fourth-order valence-corrected chi connectivity index (χ4v) is 2.91. The van der Waals surface area contributed by atoms with Crippen molar-refractivity contribution >= 4 is 17.0 Å². The van der Waals surface area contributed by atoms with E-state index in [0.717, 1.165) is 16.5 Å². The first-order chi connectivity index (χ1) is 11.6. The van der Waals surface area contributed by atoms with Crippen molar-refractivity contribution in [1.29, 1.82) is 0 Å². The van der Waals surface area contributed by atoms with Crippen LogP contribution in [0.4, 0.5) is 0 Å². The summed E-state index contributed by atoms with van der Waals surface area (Å²) in [6.45, 7) is -0.414. The lowest BCUT2D eigenvalue weighted by Gasteiger charge is -2.39. The highest BCUT2D eigenvalue weighted by Gasteiger charge is 2.42. The maximum Gasteiger partial charge on any atom is 0.111 e. The van der Waals surface area contributed by atoms with E-state index in [1.165, 1.54) is 0 Å². The highest BCUT2D eigenvalue weighted by Crippen LogP contribution is 2.24. The van der Waals surface area contributed by atoms with Gasteiger partial charge in [0.2, 0.25) is 0 Å². The lowest BCUT2D eigenvalue weighted by molar-refractivity contribution is -0.227. The van der Waals surface area contributed by atoms with Gasteiger partial charge in [0.15, 0.2) is 0 Å². The van der Waals surface area contributed by atoms with Gasteiger partial charge in [0.25, 0.3) is 0 Å². The van der Waals surface area contributed by atoms with Crippen LogP contribution in [0, 0.1) is 0 Å². The van der Waals surface area contributed by atoms with Crippen LogP contribution in [-0.4, -0.2) is 62.5 Å². The van der Waals surface area contributed by atoms with E-state index < -0.39 is 37.1 Å². The van der Waals surface area contributed by atoms with Gasteiger partial charge in [-0.2, -0.15) is 0 Å². The maximum absolute atomic E-state index is 10.0. The lowest BCUT2D eigenvalue weighted by atomic mass is 9.93. The summed E-state index contributed by atoms with van der Waals surface area (Å²) < 4.78 is 5.47. The number of fused-ring (bicyclic) bond motifs is 1. The molecule has 0 spiro atoms. The molecule has 0 amide bonds. The molecule has 2 heterocycles. The molecule has 6 nitrogen and oxygen atoms in total. The number of ether oxygens (including phenoxy) is 1. The average molecular weight is 331 g/mol. The van der Waals surface area contributed by atoms with Crippen molar-refractivity contribution in [3.63, 3.8) is 0 Å². The normalized spacial score (nSPS) is 30.9. The summed E-state index contributed by atoms with van der Waals surface area (Å²) in [4.78, 5) is 4.27. The second kappa shape index (κ2) is 7.38. The summed E-state index contributed by atoms with van der Waals surface area (Å²) >= 11 is 0. The third kappa shape index (κ3) is 3.48. The number of nitrogens with zero attached hydrogens (tertiary/aromatic N) is 1. The highest BCUT2D eigenvalue weighted by molar-refractivity contribution is 5.80. The Kier molecular flexibility index (Phi) is 5.23. The Morgan fingerprint density at radius 3 is 2.62 bits per heavy atom. The van der Waals surface area contributed by atoms with E-state index in [0.29, 0.717) is 6.42 Å². The first kappa shape index (κ1) is 17.0. The fraction of sp³-hybridized carbons (Fsp3) is 0.389. The van der Waals surface area contributed by atoms with Gasteiger partial charge in [-0.15, -0.1) is 0 Å². The zero-order valence-corrected chi connectivity index (χ0v) is 13.1. The zero-order valence-electron chi connectivity index (χ0n) is 13.1. The molecule has 0 bridgehead atoms. The number of rotatable bonds is 4. The molecule has 2 aromatic rings. The summed E-state index contributed by atoms with van der Waals surface area (Å²) in [6, 6.07) is 9.75. The fourth-order valence-electron chi connectivity index (χ4n) is 2.91. The molecule has 1 aromatic heterocycles. The van der Waals surface area contributed by atoms with Gasteiger partial charge in [-0.25, -0.2) is 0 Å². The molecule has 6 heteroatoms. The first-order valence-electron chi connectivity index (χ1n) is 7.92. The summed E-state index contributed by atoms with van der Waals surface area (Å²) in [5, 5.41) is 39.8. The third-order valence-corrected chi connectivity index (χ3v) is 4.30. The molecule has 1 saturated heterocycles. The Labute approximate surface area is 139 Å². The number of hydrogen-bond acceptors (Lipinski definition) is 6. The van der Waals surface area contributed by atoms with E-state index >= 15 is 0 Å². The monoisotopic (exact) mass is 331 g/mol. The molecule has 128 valence electrons. The number of aliphatic hydroxyl groups excluding tert-OH is 4. The van der Waals surface area contributed by atoms with Gasteiger partial charge in [-0.3, -0.25) is 4.98 Å². The van der Waals surface area contributed by atoms with Gasteiger partial charge in [0.1, 0.15) is 24.4 Å².